The van der Waals surface area contributed by atoms with Crippen LogP contribution >= 0.6 is 11.8 Å². The molecule has 0 aromatic rings. The van der Waals surface area contributed by atoms with Gasteiger partial charge >= 0.3 is 0 Å². The maximum absolute atomic E-state index is 11.6. The molecule has 4 heteroatoms. The van der Waals surface area contributed by atoms with Gasteiger partial charge in [-0.05, 0) is 6.26 Å². The normalized spacial score (nSPS) is 17.1. The molecule has 0 radical (unpaired) electrons. The minimum Gasteiger partial charge on any atom is -0.297 e. The third-order valence-electron chi connectivity index (χ3n) is 1.47. The molecule has 0 aliphatic rings. The second-order valence-electron chi connectivity index (χ2n) is 3.68. The van der Waals surface area contributed by atoms with Gasteiger partial charge < -0.3 is 0 Å². The van der Waals surface area contributed by atoms with Gasteiger partial charge in [-0.1, -0.05) is 20.8 Å². The standard InChI is InChI=1S/C8H16O2S2/c1-8(2,3)6(9)7(11-4)12(5)10/h7H,1-5H3. The SMILES string of the molecule is CSC(C(=O)C(C)(C)C)S(C)=O. The Labute approximate surface area is 81.0 Å². The molecule has 0 amide bonds. The monoisotopic (exact) mass is 208 g/mol. The number of hydrogen-bond acceptors (Lipinski definition) is 3. The van der Waals surface area contributed by atoms with Gasteiger partial charge in [0.15, 0.2) is 5.78 Å². The fraction of sp³-hybridized carbons (Fsp3) is 0.875. The first kappa shape index (κ1) is 12.2. The molecule has 2 nitrogen and oxygen atoms in total. The van der Waals surface area contributed by atoms with E-state index >= 15 is 0 Å². The summed E-state index contributed by atoms with van der Waals surface area (Å²) in [4.78, 5) is 11.6. The second kappa shape index (κ2) is 4.42. The van der Waals surface area contributed by atoms with Gasteiger partial charge in [0.1, 0.15) is 4.58 Å². The zero-order valence-electron chi connectivity index (χ0n) is 8.21. The molecule has 0 aromatic heterocycles. The molecule has 0 aromatic carbocycles. The maximum Gasteiger partial charge on any atom is 0.163 e. The van der Waals surface area contributed by atoms with Crippen molar-refractivity contribution in [2.24, 2.45) is 5.41 Å². The largest absolute Gasteiger partial charge is 0.297 e. The summed E-state index contributed by atoms with van der Waals surface area (Å²) in [7, 11) is -1.07. The molecule has 0 saturated carbocycles. The van der Waals surface area contributed by atoms with Gasteiger partial charge in [-0.3, -0.25) is 9.00 Å². The predicted octanol–water partition coefficient (Wildman–Crippen LogP) is 1.67. The van der Waals surface area contributed by atoms with Gasteiger partial charge in [0.2, 0.25) is 0 Å². The quantitative estimate of drug-likeness (QED) is 0.707. The van der Waals surface area contributed by atoms with E-state index in [1.807, 2.05) is 27.0 Å². The lowest BCUT2D eigenvalue weighted by atomic mass is 9.92. The van der Waals surface area contributed by atoms with Crippen LogP contribution in [-0.2, 0) is 15.6 Å². The van der Waals surface area contributed by atoms with Crippen LogP contribution in [0.25, 0.3) is 0 Å². The van der Waals surface area contributed by atoms with Gasteiger partial charge in [-0.15, -0.1) is 11.8 Å². The molecule has 0 aliphatic heterocycles. The van der Waals surface area contributed by atoms with Gasteiger partial charge in [0, 0.05) is 22.5 Å². The van der Waals surface area contributed by atoms with Crippen molar-refractivity contribution >= 4 is 28.3 Å². The van der Waals surface area contributed by atoms with E-state index in [2.05, 4.69) is 0 Å². The van der Waals surface area contributed by atoms with Crippen molar-refractivity contribution in [2.75, 3.05) is 12.5 Å². The Morgan fingerprint density at radius 2 is 1.83 bits per heavy atom. The van der Waals surface area contributed by atoms with Crippen LogP contribution in [0.5, 0.6) is 0 Å². The van der Waals surface area contributed by atoms with Crippen LogP contribution in [0.1, 0.15) is 20.8 Å². The highest BCUT2D eigenvalue weighted by molar-refractivity contribution is 8.11. The fourth-order valence-electron chi connectivity index (χ4n) is 0.747. The van der Waals surface area contributed by atoms with Gasteiger partial charge in [0.05, 0.1) is 0 Å². The summed E-state index contributed by atoms with van der Waals surface area (Å²) in [5.74, 6) is 0.0656. The van der Waals surface area contributed by atoms with Gasteiger partial charge in [0.25, 0.3) is 0 Å². The van der Waals surface area contributed by atoms with Crippen molar-refractivity contribution in [2.45, 2.75) is 25.4 Å². The van der Waals surface area contributed by atoms with E-state index < -0.39 is 10.8 Å². The Balaban J connectivity index is 4.55. The van der Waals surface area contributed by atoms with E-state index in [-0.39, 0.29) is 15.8 Å². The molecule has 0 aliphatic carbocycles. The van der Waals surface area contributed by atoms with Crippen LogP contribution in [-0.4, -0.2) is 27.1 Å². The predicted molar refractivity (Wildman–Crippen MR) is 55.8 cm³/mol. The lowest BCUT2D eigenvalue weighted by Gasteiger charge is -2.21. The van der Waals surface area contributed by atoms with E-state index in [0.29, 0.717) is 0 Å². The van der Waals surface area contributed by atoms with Crippen LogP contribution in [0.3, 0.4) is 0 Å². The number of ketones is 1. The molecule has 2 unspecified atom stereocenters. The molecule has 0 N–H and O–H groups in total. The number of rotatable bonds is 3. The van der Waals surface area contributed by atoms with E-state index in [1.165, 1.54) is 11.8 Å². The van der Waals surface area contributed by atoms with Crippen LogP contribution < -0.4 is 0 Å². The smallest absolute Gasteiger partial charge is 0.163 e. The molecule has 0 saturated heterocycles. The number of Topliss-reactive ketones (excluding diaryl/α,β-unsaturated/α-hetero) is 1. The first-order valence-electron chi connectivity index (χ1n) is 3.70. The Bertz CT molecular complexity index is 194. The van der Waals surface area contributed by atoms with Crippen molar-refractivity contribution in [3.8, 4) is 0 Å². The highest BCUT2D eigenvalue weighted by atomic mass is 32.2. The molecule has 0 bridgehead atoms. The van der Waals surface area contributed by atoms with Crippen molar-refractivity contribution in [1.29, 1.82) is 0 Å². The highest BCUT2D eigenvalue weighted by Crippen LogP contribution is 2.24. The van der Waals surface area contributed by atoms with Crippen molar-refractivity contribution in [3.63, 3.8) is 0 Å². The summed E-state index contributed by atoms with van der Waals surface area (Å²) in [6, 6.07) is 0. The maximum atomic E-state index is 11.6. The molecule has 12 heavy (non-hydrogen) atoms. The zero-order valence-corrected chi connectivity index (χ0v) is 9.84. The summed E-state index contributed by atoms with van der Waals surface area (Å²) >= 11 is 1.36. The van der Waals surface area contributed by atoms with E-state index in [0.717, 1.165) is 0 Å². The first-order chi connectivity index (χ1) is 5.30. The molecule has 2 atom stereocenters. The van der Waals surface area contributed by atoms with Crippen molar-refractivity contribution in [1.82, 2.24) is 0 Å². The summed E-state index contributed by atoms with van der Waals surface area (Å²) in [5.41, 5.74) is -0.390. The molecular formula is C8H16O2S2. The lowest BCUT2D eigenvalue weighted by Crippen LogP contribution is -2.32. The van der Waals surface area contributed by atoms with Crippen molar-refractivity contribution in [3.05, 3.63) is 0 Å². The zero-order chi connectivity index (χ0) is 9.94. The molecule has 72 valence electrons. The Morgan fingerprint density at radius 3 is 1.92 bits per heavy atom. The second-order valence-corrected chi connectivity index (χ2v) is 6.39. The number of carbonyl (C=O) groups is 1. The Hall–Kier alpha value is 0.170. The molecular weight excluding hydrogens is 192 g/mol. The first-order valence-corrected chi connectivity index (χ1v) is 6.61. The lowest BCUT2D eigenvalue weighted by molar-refractivity contribution is -0.124. The fourth-order valence-corrected chi connectivity index (χ4v) is 3.05. The Morgan fingerprint density at radius 1 is 1.42 bits per heavy atom. The minimum atomic E-state index is -1.07. The summed E-state index contributed by atoms with van der Waals surface area (Å²) in [5, 5.41) is 0. The van der Waals surface area contributed by atoms with E-state index in [1.54, 1.807) is 6.26 Å². The average molecular weight is 208 g/mol. The van der Waals surface area contributed by atoms with E-state index in [9.17, 15) is 9.00 Å². The topological polar surface area (TPSA) is 34.1 Å². The van der Waals surface area contributed by atoms with Crippen LogP contribution in [0, 0.1) is 5.41 Å². The van der Waals surface area contributed by atoms with E-state index in [4.69, 9.17) is 0 Å². The third kappa shape index (κ3) is 3.27. The van der Waals surface area contributed by atoms with Crippen LogP contribution in [0.2, 0.25) is 0 Å². The number of hydrogen-bond donors (Lipinski definition) is 0. The van der Waals surface area contributed by atoms with Gasteiger partial charge in [-0.25, -0.2) is 0 Å². The highest BCUT2D eigenvalue weighted by Gasteiger charge is 2.31. The average Bonchev–Trinajstić information content (AvgIpc) is 1.86. The minimum absolute atomic E-state index is 0.0656. The summed E-state index contributed by atoms with van der Waals surface area (Å²) in [6.07, 6.45) is 3.39. The van der Waals surface area contributed by atoms with Gasteiger partial charge in [-0.2, -0.15) is 0 Å². The number of carbonyl (C=O) groups excluding carboxylic acids is 1. The Kier molecular flexibility index (Phi) is 4.48. The molecule has 0 fully saturated rings. The number of thioether (sulfide) groups is 1. The van der Waals surface area contributed by atoms with Crippen LogP contribution in [0.15, 0.2) is 0 Å². The molecule has 0 rings (SSSR count). The third-order valence-corrected chi connectivity index (χ3v) is 4.32. The molecule has 0 spiro atoms. The molecule has 0 heterocycles. The summed E-state index contributed by atoms with van der Waals surface area (Å²) < 4.78 is 10.8. The summed E-state index contributed by atoms with van der Waals surface area (Å²) in [6.45, 7) is 5.56. The van der Waals surface area contributed by atoms with Crippen molar-refractivity contribution < 1.29 is 9.00 Å². The van der Waals surface area contributed by atoms with Crippen LogP contribution in [0.4, 0.5) is 0 Å².